The molecule has 0 saturated heterocycles. The molecule has 0 N–H and O–H groups in total. The molecule has 12 rings (SSSR count). The zero-order valence-corrected chi connectivity index (χ0v) is 29.3. The van der Waals surface area contributed by atoms with Gasteiger partial charge < -0.3 is 9.13 Å². The van der Waals surface area contributed by atoms with E-state index < -0.39 is 0 Å². The van der Waals surface area contributed by atoms with Crippen LogP contribution in [0.4, 0.5) is 0 Å². The summed E-state index contributed by atoms with van der Waals surface area (Å²) >= 11 is 1.87. The maximum absolute atomic E-state index is 5.39. The summed E-state index contributed by atoms with van der Waals surface area (Å²) < 4.78 is 7.50. The molecule has 4 heterocycles. The largest absolute Gasteiger partial charge is 0.307 e. The number of pyridine rings is 1. The van der Waals surface area contributed by atoms with Crippen LogP contribution in [0.15, 0.2) is 176 Å². The number of aromatic nitrogens is 3. The highest BCUT2D eigenvalue weighted by Gasteiger charge is 2.22. The topological polar surface area (TPSA) is 22.8 Å². The molecule has 0 aliphatic carbocycles. The van der Waals surface area contributed by atoms with Crippen molar-refractivity contribution >= 4 is 96.8 Å². The van der Waals surface area contributed by atoms with Crippen LogP contribution in [0.3, 0.4) is 0 Å². The van der Waals surface area contributed by atoms with Crippen LogP contribution >= 0.6 is 11.3 Å². The number of fused-ring (bicyclic) bond motifs is 14. The molecule has 4 heteroatoms. The van der Waals surface area contributed by atoms with E-state index in [2.05, 4.69) is 185 Å². The first-order chi connectivity index (χ1) is 26.3. The maximum atomic E-state index is 5.39. The second-order valence-electron chi connectivity index (χ2n) is 13.9. The van der Waals surface area contributed by atoms with Gasteiger partial charge in [0.2, 0.25) is 0 Å². The summed E-state index contributed by atoms with van der Waals surface area (Å²) in [5.41, 5.74) is 10.2. The van der Waals surface area contributed by atoms with Crippen molar-refractivity contribution in [2.75, 3.05) is 0 Å². The van der Waals surface area contributed by atoms with E-state index in [0.717, 1.165) is 28.1 Å². The molecule has 4 aromatic heterocycles. The Labute approximate surface area is 308 Å². The van der Waals surface area contributed by atoms with Crippen LogP contribution in [0.1, 0.15) is 0 Å². The molecular weight excluding hydrogens is 663 g/mol. The van der Waals surface area contributed by atoms with Crippen LogP contribution in [0, 0.1) is 0 Å². The van der Waals surface area contributed by atoms with Gasteiger partial charge in [0.15, 0.2) is 0 Å². The van der Waals surface area contributed by atoms with E-state index in [4.69, 9.17) is 4.98 Å². The molecule has 0 aliphatic rings. The molecule has 12 aromatic rings. The standard InChI is InChI=1S/C49H29N3S/c1-2-12-31(13-3-1)51-42-19-9-5-15-34(42)38-27-28-39-35-16-6-10-20-43(35)52(48(39)47(38)51)32-24-22-30(23-25-32)46-45-37(33-14-4-8-18-41(33)50-46)26-29-40-36-17-7-11-21-44(36)53-49(40)45/h1-29H. The smallest absolute Gasteiger partial charge is 0.0802 e. The Morgan fingerprint density at radius 1 is 0.377 bits per heavy atom. The van der Waals surface area contributed by atoms with Gasteiger partial charge in [-0.3, -0.25) is 0 Å². The molecule has 0 atom stereocenters. The number of rotatable bonds is 3. The average Bonchev–Trinajstić information content (AvgIpc) is 3.89. The van der Waals surface area contributed by atoms with Crippen molar-refractivity contribution in [2.45, 2.75) is 0 Å². The van der Waals surface area contributed by atoms with Gasteiger partial charge in [-0.15, -0.1) is 11.3 Å². The number of hydrogen-bond donors (Lipinski definition) is 0. The predicted octanol–water partition coefficient (Wildman–Crippen LogP) is 13.6. The molecule has 0 unspecified atom stereocenters. The van der Waals surface area contributed by atoms with Crippen molar-refractivity contribution in [3.63, 3.8) is 0 Å². The fourth-order valence-corrected chi connectivity index (χ4v) is 10.1. The molecule has 0 spiro atoms. The minimum atomic E-state index is 1.01. The van der Waals surface area contributed by atoms with Crippen molar-refractivity contribution in [1.29, 1.82) is 0 Å². The number of nitrogens with zero attached hydrogens (tertiary/aromatic N) is 3. The maximum Gasteiger partial charge on any atom is 0.0802 e. The fourth-order valence-electron chi connectivity index (χ4n) is 8.82. The van der Waals surface area contributed by atoms with Gasteiger partial charge in [-0.25, -0.2) is 4.98 Å². The third-order valence-corrected chi connectivity index (χ3v) is 12.3. The SMILES string of the molecule is c1ccc(-n2c3ccccc3c3ccc4c5ccccc5n(-c5ccc(-c6nc7ccccc7c7ccc8c9ccccc9sc8c67)cc5)c4c32)cc1. The van der Waals surface area contributed by atoms with Gasteiger partial charge >= 0.3 is 0 Å². The van der Waals surface area contributed by atoms with Gasteiger partial charge in [-0.05, 0) is 53.9 Å². The average molecular weight is 692 g/mol. The van der Waals surface area contributed by atoms with Crippen LogP contribution in [0.2, 0.25) is 0 Å². The molecule has 0 fully saturated rings. The van der Waals surface area contributed by atoms with Gasteiger partial charge in [0.05, 0.1) is 33.3 Å². The minimum Gasteiger partial charge on any atom is -0.307 e. The number of benzene rings is 8. The highest BCUT2D eigenvalue weighted by Crippen LogP contribution is 2.45. The van der Waals surface area contributed by atoms with Crippen LogP contribution in [0.5, 0.6) is 0 Å². The van der Waals surface area contributed by atoms with Crippen molar-refractivity contribution in [1.82, 2.24) is 14.1 Å². The summed E-state index contributed by atoms with van der Waals surface area (Å²) in [6, 6.07) is 64.0. The summed E-state index contributed by atoms with van der Waals surface area (Å²) in [5, 5.41) is 11.2. The monoisotopic (exact) mass is 691 g/mol. The second kappa shape index (κ2) is 10.9. The van der Waals surface area contributed by atoms with E-state index in [1.54, 1.807) is 0 Å². The van der Waals surface area contributed by atoms with Gasteiger partial charge in [-0.1, -0.05) is 127 Å². The summed E-state index contributed by atoms with van der Waals surface area (Å²) in [6.07, 6.45) is 0. The van der Waals surface area contributed by atoms with E-state index in [1.807, 2.05) is 11.3 Å². The molecular formula is C49H29N3S. The van der Waals surface area contributed by atoms with Crippen LogP contribution < -0.4 is 0 Å². The van der Waals surface area contributed by atoms with Crippen molar-refractivity contribution < 1.29 is 0 Å². The molecule has 0 bridgehead atoms. The Morgan fingerprint density at radius 3 is 1.60 bits per heavy atom. The lowest BCUT2D eigenvalue weighted by Gasteiger charge is -2.14. The lowest BCUT2D eigenvalue weighted by Crippen LogP contribution is -1.98. The Bertz CT molecular complexity index is 3440. The third-order valence-electron chi connectivity index (χ3n) is 11.1. The van der Waals surface area contributed by atoms with Gasteiger partial charge in [0, 0.05) is 69.4 Å². The van der Waals surface area contributed by atoms with Gasteiger partial charge in [0.25, 0.3) is 0 Å². The molecule has 8 aromatic carbocycles. The first-order valence-corrected chi connectivity index (χ1v) is 18.9. The first-order valence-electron chi connectivity index (χ1n) is 18.1. The Kier molecular flexibility index (Phi) is 5.93. The fraction of sp³-hybridized carbons (Fsp3) is 0. The lowest BCUT2D eigenvalue weighted by molar-refractivity contribution is 1.15. The second-order valence-corrected chi connectivity index (χ2v) is 14.9. The third kappa shape index (κ3) is 4.01. The van der Waals surface area contributed by atoms with Crippen LogP contribution in [-0.4, -0.2) is 14.1 Å². The number of thiophene rings is 1. The van der Waals surface area contributed by atoms with E-state index >= 15 is 0 Å². The summed E-state index contributed by atoms with van der Waals surface area (Å²) in [7, 11) is 0. The lowest BCUT2D eigenvalue weighted by atomic mass is 9.98. The molecule has 0 aliphatic heterocycles. The zero-order valence-electron chi connectivity index (χ0n) is 28.5. The highest BCUT2D eigenvalue weighted by molar-refractivity contribution is 7.26. The van der Waals surface area contributed by atoms with Crippen molar-refractivity contribution in [3.8, 4) is 22.6 Å². The normalized spacial score (nSPS) is 12.2. The van der Waals surface area contributed by atoms with Crippen molar-refractivity contribution in [2.24, 2.45) is 0 Å². The van der Waals surface area contributed by atoms with Gasteiger partial charge in [-0.2, -0.15) is 0 Å². The van der Waals surface area contributed by atoms with E-state index in [0.29, 0.717) is 0 Å². The molecule has 3 nitrogen and oxygen atoms in total. The predicted molar refractivity (Wildman–Crippen MR) is 226 cm³/mol. The summed E-state index contributed by atoms with van der Waals surface area (Å²) in [5.74, 6) is 0. The quantitative estimate of drug-likeness (QED) is 0.169. The van der Waals surface area contributed by atoms with E-state index in [9.17, 15) is 0 Å². The van der Waals surface area contributed by atoms with Crippen LogP contribution in [-0.2, 0) is 0 Å². The molecule has 0 saturated carbocycles. The Morgan fingerprint density at radius 2 is 0.906 bits per heavy atom. The van der Waals surface area contributed by atoms with Gasteiger partial charge in [0.1, 0.15) is 0 Å². The molecule has 0 radical (unpaired) electrons. The number of para-hydroxylation sites is 4. The Hall–Kier alpha value is -6.75. The zero-order chi connectivity index (χ0) is 34.6. The summed E-state index contributed by atoms with van der Waals surface area (Å²) in [4.78, 5) is 5.39. The molecule has 53 heavy (non-hydrogen) atoms. The van der Waals surface area contributed by atoms with E-state index in [-0.39, 0.29) is 0 Å². The summed E-state index contributed by atoms with van der Waals surface area (Å²) in [6.45, 7) is 0. The molecule has 0 amide bonds. The Balaban J connectivity index is 1.15. The van der Waals surface area contributed by atoms with E-state index in [1.165, 1.54) is 79.9 Å². The van der Waals surface area contributed by atoms with Crippen LogP contribution in [0.25, 0.3) is 108 Å². The number of hydrogen-bond acceptors (Lipinski definition) is 2. The van der Waals surface area contributed by atoms with Crippen molar-refractivity contribution in [3.05, 3.63) is 176 Å². The first kappa shape index (κ1) is 28.9. The highest BCUT2D eigenvalue weighted by atomic mass is 32.1. The molecule has 246 valence electrons. The minimum absolute atomic E-state index is 1.01.